The summed E-state index contributed by atoms with van der Waals surface area (Å²) in [6, 6.07) is 0. The Morgan fingerprint density at radius 3 is 2.36 bits per heavy atom. The van der Waals surface area contributed by atoms with E-state index >= 15 is 0 Å². The fourth-order valence-corrected chi connectivity index (χ4v) is 2.37. The average Bonchev–Trinajstić information content (AvgIpc) is 2.61. The van der Waals surface area contributed by atoms with Gasteiger partial charge >= 0.3 is 11.9 Å². The second-order valence-corrected chi connectivity index (χ2v) is 6.30. The van der Waals surface area contributed by atoms with E-state index in [2.05, 4.69) is 5.10 Å². The van der Waals surface area contributed by atoms with E-state index in [1.165, 1.54) is 0 Å². The van der Waals surface area contributed by atoms with E-state index in [0.717, 1.165) is 17.0 Å². The Hall–Kier alpha value is -1.85. The van der Waals surface area contributed by atoms with Crippen LogP contribution in [0.3, 0.4) is 0 Å². The largest absolute Gasteiger partial charge is 0.466 e. The second-order valence-electron chi connectivity index (χ2n) is 6.30. The van der Waals surface area contributed by atoms with Gasteiger partial charge in [-0.1, -0.05) is 0 Å². The molecule has 1 aromatic heterocycles. The summed E-state index contributed by atoms with van der Waals surface area (Å²) in [4.78, 5) is 23.8. The van der Waals surface area contributed by atoms with Crippen LogP contribution in [0.2, 0.25) is 0 Å². The van der Waals surface area contributed by atoms with Crippen LogP contribution in [0.25, 0.3) is 0 Å². The lowest BCUT2D eigenvalue weighted by Crippen LogP contribution is -2.27. The average molecular weight is 310 g/mol. The maximum absolute atomic E-state index is 11.9. The molecule has 0 saturated carbocycles. The Labute approximate surface area is 131 Å². The summed E-state index contributed by atoms with van der Waals surface area (Å²) in [5.41, 5.74) is 1.78. The molecule has 0 aliphatic rings. The molecule has 0 amide bonds. The van der Waals surface area contributed by atoms with Gasteiger partial charge < -0.3 is 9.47 Å². The normalized spacial score (nSPS) is 12.9. The molecule has 0 bridgehead atoms. The molecule has 124 valence electrons. The Morgan fingerprint density at radius 2 is 1.86 bits per heavy atom. The van der Waals surface area contributed by atoms with Gasteiger partial charge in [-0.15, -0.1) is 0 Å². The van der Waals surface area contributed by atoms with Gasteiger partial charge in [0.15, 0.2) is 0 Å². The minimum Gasteiger partial charge on any atom is -0.466 e. The number of carbonyl (C=O) groups is 2. The summed E-state index contributed by atoms with van der Waals surface area (Å²) in [6.45, 7) is 13.1. The van der Waals surface area contributed by atoms with Gasteiger partial charge in [0.2, 0.25) is 0 Å². The highest BCUT2D eigenvalue weighted by Crippen LogP contribution is 2.24. The molecule has 0 saturated heterocycles. The number of carbonyl (C=O) groups excluding carboxylic acids is 2. The molecule has 0 radical (unpaired) electrons. The first kappa shape index (κ1) is 18.2. The standard InChI is InChI=1S/C16H26N2O4/c1-8-21-15(20)10(2)14-11(3)17-18(12(14)4)9-13(19)22-16(5,6)7/h10H,8-9H2,1-7H3. The molecule has 0 spiro atoms. The molecule has 0 aliphatic heterocycles. The van der Waals surface area contributed by atoms with Crippen molar-refractivity contribution in [1.82, 2.24) is 9.78 Å². The van der Waals surface area contributed by atoms with Crippen molar-refractivity contribution in [2.45, 2.75) is 66.5 Å². The SMILES string of the molecule is CCOC(=O)C(C)c1c(C)nn(CC(=O)OC(C)(C)C)c1C. The van der Waals surface area contributed by atoms with E-state index in [9.17, 15) is 9.59 Å². The number of nitrogens with zero attached hydrogens (tertiary/aromatic N) is 2. The zero-order valence-corrected chi connectivity index (χ0v) is 14.5. The smallest absolute Gasteiger partial charge is 0.328 e. The Bertz CT molecular complexity index is 555. The third-order valence-corrected chi connectivity index (χ3v) is 3.21. The van der Waals surface area contributed by atoms with Crippen molar-refractivity contribution in [2.24, 2.45) is 0 Å². The highest BCUT2D eigenvalue weighted by atomic mass is 16.6. The summed E-state index contributed by atoms with van der Waals surface area (Å²) >= 11 is 0. The van der Waals surface area contributed by atoms with Gasteiger partial charge in [-0.25, -0.2) is 0 Å². The molecule has 6 heteroatoms. The summed E-state index contributed by atoms with van der Waals surface area (Å²) in [7, 11) is 0. The van der Waals surface area contributed by atoms with E-state index in [4.69, 9.17) is 9.47 Å². The maximum Gasteiger partial charge on any atom is 0.328 e. The van der Waals surface area contributed by atoms with Crippen LogP contribution in [0.15, 0.2) is 0 Å². The van der Waals surface area contributed by atoms with Gasteiger partial charge in [0.1, 0.15) is 12.1 Å². The molecule has 6 nitrogen and oxygen atoms in total. The van der Waals surface area contributed by atoms with Gasteiger partial charge in [0.05, 0.1) is 18.2 Å². The van der Waals surface area contributed by atoms with Crippen molar-refractivity contribution in [1.29, 1.82) is 0 Å². The molecule has 1 atom stereocenters. The van der Waals surface area contributed by atoms with Gasteiger partial charge in [0.25, 0.3) is 0 Å². The molecule has 0 aromatic carbocycles. The third-order valence-electron chi connectivity index (χ3n) is 3.21. The van der Waals surface area contributed by atoms with Gasteiger partial charge in [-0.05, 0) is 48.5 Å². The van der Waals surface area contributed by atoms with Crippen molar-refractivity contribution in [3.8, 4) is 0 Å². The molecule has 1 aromatic rings. The van der Waals surface area contributed by atoms with Crippen LogP contribution in [0.4, 0.5) is 0 Å². The number of hydrogen-bond donors (Lipinski definition) is 0. The van der Waals surface area contributed by atoms with Crippen LogP contribution in [0.5, 0.6) is 0 Å². The van der Waals surface area contributed by atoms with Crippen LogP contribution >= 0.6 is 0 Å². The molecule has 0 fully saturated rings. The summed E-state index contributed by atoms with van der Waals surface area (Å²) in [6.07, 6.45) is 0. The van der Waals surface area contributed by atoms with Crippen molar-refractivity contribution in [3.63, 3.8) is 0 Å². The lowest BCUT2D eigenvalue weighted by molar-refractivity contribution is -0.155. The third kappa shape index (κ3) is 4.58. The molecule has 1 unspecified atom stereocenters. The maximum atomic E-state index is 11.9. The van der Waals surface area contributed by atoms with Crippen LogP contribution in [0.1, 0.15) is 57.5 Å². The molecular weight excluding hydrogens is 284 g/mol. The highest BCUT2D eigenvalue weighted by Gasteiger charge is 2.25. The van der Waals surface area contributed by atoms with Crippen LogP contribution < -0.4 is 0 Å². The summed E-state index contributed by atoms with van der Waals surface area (Å²) < 4.78 is 11.9. The fraction of sp³-hybridized carbons (Fsp3) is 0.688. The number of rotatable bonds is 5. The number of aryl methyl sites for hydroxylation is 1. The van der Waals surface area contributed by atoms with Crippen LogP contribution in [-0.4, -0.2) is 33.9 Å². The number of esters is 2. The zero-order valence-electron chi connectivity index (χ0n) is 14.5. The first-order valence-corrected chi connectivity index (χ1v) is 7.49. The minimum absolute atomic E-state index is 0.0273. The Balaban J connectivity index is 2.95. The van der Waals surface area contributed by atoms with Crippen LogP contribution in [-0.2, 0) is 25.6 Å². The molecular formula is C16H26N2O4. The first-order chi connectivity index (χ1) is 10.1. The van der Waals surface area contributed by atoms with E-state index < -0.39 is 11.5 Å². The second kappa shape index (κ2) is 6.94. The topological polar surface area (TPSA) is 70.4 Å². The predicted octanol–water partition coefficient (Wildman–Crippen LogP) is 2.51. The first-order valence-electron chi connectivity index (χ1n) is 7.49. The van der Waals surface area contributed by atoms with E-state index in [-0.39, 0.29) is 18.5 Å². The van der Waals surface area contributed by atoms with Gasteiger partial charge in [-0.3, -0.25) is 14.3 Å². The zero-order chi connectivity index (χ0) is 17.1. The van der Waals surface area contributed by atoms with E-state index in [1.54, 1.807) is 18.5 Å². The molecule has 22 heavy (non-hydrogen) atoms. The fourth-order valence-electron chi connectivity index (χ4n) is 2.37. The number of ether oxygens (including phenoxy) is 2. The van der Waals surface area contributed by atoms with Crippen molar-refractivity contribution in [3.05, 3.63) is 17.0 Å². The molecule has 0 N–H and O–H groups in total. The number of hydrogen-bond acceptors (Lipinski definition) is 5. The van der Waals surface area contributed by atoms with Crippen LogP contribution in [0, 0.1) is 13.8 Å². The minimum atomic E-state index is -0.533. The van der Waals surface area contributed by atoms with Crippen molar-refractivity contribution < 1.29 is 19.1 Å². The highest BCUT2D eigenvalue weighted by molar-refractivity contribution is 5.78. The van der Waals surface area contributed by atoms with Gasteiger partial charge in [0, 0.05) is 11.3 Å². The Morgan fingerprint density at radius 1 is 1.27 bits per heavy atom. The molecule has 1 heterocycles. The van der Waals surface area contributed by atoms with E-state index in [1.807, 2.05) is 34.6 Å². The molecule has 1 rings (SSSR count). The predicted molar refractivity (Wildman–Crippen MR) is 82.6 cm³/mol. The summed E-state index contributed by atoms with van der Waals surface area (Å²) in [5.74, 6) is -1.05. The summed E-state index contributed by atoms with van der Waals surface area (Å²) in [5, 5.41) is 4.35. The quantitative estimate of drug-likeness (QED) is 0.782. The number of aromatic nitrogens is 2. The van der Waals surface area contributed by atoms with Gasteiger partial charge in [-0.2, -0.15) is 5.10 Å². The monoisotopic (exact) mass is 310 g/mol. The van der Waals surface area contributed by atoms with Crippen molar-refractivity contribution >= 4 is 11.9 Å². The van der Waals surface area contributed by atoms with Crippen molar-refractivity contribution in [2.75, 3.05) is 6.61 Å². The van der Waals surface area contributed by atoms with E-state index in [0.29, 0.717) is 6.61 Å². The lowest BCUT2D eigenvalue weighted by Gasteiger charge is -2.19. The Kier molecular flexibility index (Phi) is 5.74. The lowest BCUT2D eigenvalue weighted by atomic mass is 9.99. The molecule has 0 aliphatic carbocycles.